The summed E-state index contributed by atoms with van der Waals surface area (Å²) in [7, 11) is 0. The summed E-state index contributed by atoms with van der Waals surface area (Å²) in [5.74, 6) is 0.406. The summed E-state index contributed by atoms with van der Waals surface area (Å²) in [4.78, 5) is 26.9. The Morgan fingerprint density at radius 2 is 1.67 bits per heavy atom. The van der Waals surface area contributed by atoms with Crippen molar-refractivity contribution in [1.82, 2.24) is 0 Å². The minimum absolute atomic E-state index is 0.288. The van der Waals surface area contributed by atoms with E-state index in [0.29, 0.717) is 22.9 Å². The molecule has 1 aliphatic rings. The first-order valence-electron chi connectivity index (χ1n) is 9.63. The van der Waals surface area contributed by atoms with Gasteiger partial charge < -0.3 is 4.74 Å². The van der Waals surface area contributed by atoms with E-state index in [4.69, 9.17) is 4.74 Å². The van der Waals surface area contributed by atoms with E-state index in [1.54, 1.807) is 12.1 Å². The third-order valence-electron chi connectivity index (χ3n) is 4.74. The summed E-state index contributed by atoms with van der Waals surface area (Å²) < 4.78 is 5.89. The maximum Gasteiger partial charge on any atom is 0.298 e. The van der Waals surface area contributed by atoms with Crippen LogP contribution in [0.25, 0.3) is 6.08 Å². The lowest BCUT2D eigenvalue weighted by Gasteiger charge is -2.12. The lowest BCUT2D eigenvalue weighted by atomic mass is 10.1. The number of hydrogen-bond donors (Lipinski definition) is 0. The molecule has 1 saturated heterocycles. The second-order valence-electron chi connectivity index (χ2n) is 7.20. The monoisotopic (exact) mass is 415 g/mol. The number of imide groups is 1. The molecule has 0 N–H and O–H groups in total. The molecule has 30 heavy (non-hydrogen) atoms. The van der Waals surface area contributed by atoms with Gasteiger partial charge in [-0.1, -0.05) is 54.1 Å². The van der Waals surface area contributed by atoms with Crippen molar-refractivity contribution in [2.45, 2.75) is 20.5 Å². The molecule has 3 aromatic rings. The second-order valence-corrected chi connectivity index (χ2v) is 8.20. The quantitative estimate of drug-likeness (QED) is 0.471. The van der Waals surface area contributed by atoms with E-state index in [-0.39, 0.29) is 11.1 Å². The van der Waals surface area contributed by atoms with E-state index in [1.807, 2.05) is 61.5 Å². The number of aryl methyl sites for hydroxylation is 2. The number of carbonyl (C=O) groups excluding carboxylic acids is 2. The second kappa shape index (κ2) is 8.59. The van der Waals surface area contributed by atoms with Crippen molar-refractivity contribution in [3.05, 3.63) is 100.0 Å². The topological polar surface area (TPSA) is 46.6 Å². The van der Waals surface area contributed by atoms with E-state index in [2.05, 4.69) is 19.1 Å². The van der Waals surface area contributed by atoms with Gasteiger partial charge >= 0.3 is 0 Å². The molecule has 0 unspecified atom stereocenters. The minimum Gasteiger partial charge on any atom is -0.489 e. The highest BCUT2D eigenvalue weighted by Crippen LogP contribution is 2.36. The van der Waals surface area contributed by atoms with Gasteiger partial charge in [0.15, 0.2) is 0 Å². The van der Waals surface area contributed by atoms with Crippen LogP contribution in [0.4, 0.5) is 10.5 Å². The Morgan fingerprint density at radius 3 is 2.43 bits per heavy atom. The number of rotatable bonds is 5. The zero-order chi connectivity index (χ0) is 21.1. The normalized spacial score (nSPS) is 15.1. The summed E-state index contributed by atoms with van der Waals surface area (Å²) in [5, 5.41) is -0.288. The van der Waals surface area contributed by atoms with Crippen molar-refractivity contribution in [2.24, 2.45) is 0 Å². The van der Waals surface area contributed by atoms with E-state index >= 15 is 0 Å². The molecule has 150 valence electrons. The fraction of sp³-hybridized carbons (Fsp3) is 0.120. The predicted molar refractivity (Wildman–Crippen MR) is 122 cm³/mol. The highest BCUT2D eigenvalue weighted by Gasteiger charge is 2.36. The number of carbonyl (C=O) groups is 2. The fourth-order valence-electron chi connectivity index (χ4n) is 3.15. The van der Waals surface area contributed by atoms with Crippen LogP contribution in [0, 0.1) is 13.8 Å². The van der Waals surface area contributed by atoms with Gasteiger partial charge in [-0.25, -0.2) is 4.90 Å². The number of anilines is 1. The molecule has 0 saturated carbocycles. The third kappa shape index (κ3) is 4.47. The molecule has 3 aromatic carbocycles. The molecule has 0 radical (unpaired) electrons. The minimum atomic E-state index is -0.304. The number of amides is 2. The van der Waals surface area contributed by atoms with Crippen molar-refractivity contribution < 1.29 is 14.3 Å². The fourth-order valence-corrected chi connectivity index (χ4v) is 4.00. The van der Waals surface area contributed by atoms with Gasteiger partial charge in [0, 0.05) is 0 Å². The zero-order valence-corrected chi connectivity index (χ0v) is 17.6. The van der Waals surface area contributed by atoms with Crippen LogP contribution in [-0.4, -0.2) is 11.1 Å². The molecule has 1 heterocycles. The largest absolute Gasteiger partial charge is 0.489 e. The molecule has 2 amide bonds. The Morgan fingerprint density at radius 1 is 0.900 bits per heavy atom. The molecule has 0 aliphatic carbocycles. The molecule has 0 bridgehead atoms. The SMILES string of the molecule is Cc1ccc(COc2cccc(/C=C3\SC(=O)N(c4cccc(C)c4)C3=O)c2)cc1. The van der Waals surface area contributed by atoms with Crippen LogP contribution in [-0.2, 0) is 11.4 Å². The average Bonchev–Trinajstić information content (AvgIpc) is 3.01. The van der Waals surface area contributed by atoms with E-state index in [0.717, 1.165) is 28.5 Å². The summed E-state index contributed by atoms with van der Waals surface area (Å²) >= 11 is 0.952. The van der Waals surface area contributed by atoms with Crippen molar-refractivity contribution in [1.29, 1.82) is 0 Å². The summed E-state index contributed by atoms with van der Waals surface area (Å²) in [5.41, 5.74) is 4.70. The Balaban J connectivity index is 1.50. The number of benzene rings is 3. The van der Waals surface area contributed by atoms with Crippen LogP contribution >= 0.6 is 11.8 Å². The van der Waals surface area contributed by atoms with Crippen LogP contribution in [0.15, 0.2) is 77.7 Å². The Labute approximate surface area is 180 Å². The first-order valence-corrected chi connectivity index (χ1v) is 10.4. The number of nitrogens with zero attached hydrogens (tertiary/aromatic N) is 1. The van der Waals surface area contributed by atoms with E-state index in [1.165, 1.54) is 10.5 Å². The van der Waals surface area contributed by atoms with Crippen LogP contribution in [0.1, 0.15) is 22.3 Å². The summed E-state index contributed by atoms with van der Waals surface area (Å²) in [6.07, 6.45) is 1.74. The number of ether oxygens (including phenoxy) is 1. The average molecular weight is 416 g/mol. The Hall–Kier alpha value is -3.31. The standard InChI is InChI=1S/C25H21NO3S/c1-17-9-11-19(12-10-17)16-29-22-8-4-6-20(14-22)15-23-24(27)26(25(28)30-23)21-7-3-5-18(2)13-21/h3-15H,16H2,1-2H3/b23-15-. The predicted octanol–water partition coefficient (Wildman–Crippen LogP) is 6.12. The Bertz CT molecular complexity index is 1140. The summed E-state index contributed by atoms with van der Waals surface area (Å²) in [6.45, 7) is 4.45. The highest BCUT2D eigenvalue weighted by molar-refractivity contribution is 8.19. The van der Waals surface area contributed by atoms with Crippen LogP contribution in [0.2, 0.25) is 0 Å². The van der Waals surface area contributed by atoms with Gasteiger partial charge in [-0.15, -0.1) is 0 Å². The molecular weight excluding hydrogens is 394 g/mol. The van der Waals surface area contributed by atoms with Gasteiger partial charge in [0.25, 0.3) is 11.1 Å². The molecular formula is C25H21NO3S. The van der Waals surface area contributed by atoms with Gasteiger partial charge in [-0.3, -0.25) is 9.59 Å². The molecule has 4 rings (SSSR count). The first-order chi connectivity index (χ1) is 14.5. The van der Waals surface area contributed by atoms with Crippen molar-refractivity contribution in [2.75, 3.05) is 4.90 Å². The molecule has 5 heteroatoms. The first kappa shape index (κ1) is 20.0. The molecule has 4 nitrogen and oxygen atoms in total. The lowest BCUT2D eigenvalue weighted by molar-refractivity contribution is -0.113. The van der Waals surface area contributed by atoms with Crippen molar-refractivity contribution in [3.8, 4) is 5.75 Å². The van der Waals surface area contributed by atoms with Gasteiger partial charge in [0.05, 0.1) is 10.6 Å². The smallest absolute Gasteiger partial charge is 0.298 e. The van der Waals surface area contributed by atoms with Crippen molar-refractivity contribution >= 4 is 34.7 Å². The van der Waals surface area contributed by atoms with E-state index in [9.17, 15) is 9.59 Å². The van der Waals surface area contributed by atoms with Crippen molar-refractivity contribution in [3.63, 3.8) is 0 Å². The van der Waals surface area contributed by atoms with Gasteiger partial charge in [0.2, 0.25) is 0 Å². The van der Waals surface area contributed by atoms with Crippen LogP contribution in [0.3, 0.4) is 0 Å². The van der Waals surface area contributed by atoms with Gasteiger partial charge in [-0.05, 0) is 72.6 Å². The third-order valence-corrected chi connectivity index (χ3v) is 5.61. The molecule has 0 spiro atoms. The van der Waals surface area contributed by atoms with Gasteiger partial charge in [-0.2, -0.15) is 0 Å². The van der Waals surface area contributed by atoms with Crippen LogP contribution < -0.4 is 9.64 Å². The maximum atomic E-state index is 12.8. The number of thioether (sulfide) groups is 1. The lowest BCUT2D eigenvalue weighted by Crippen LogP contribution is -2.27. The molecule has 0 atom stereocenters. The molecule has 0 aromatic heterocycles. The molecule has 1 aliphatic heterocycles. The van der Waals surface area contributed by atoms with Crippen LogP contribution in [0.5, 0.6) is 5.75 Å². The van der Waals surface area contributed by atoms with Gasteiger partial charge in [0.1, 0.15) is 12.4 Å². The Kier molecular flexibility index (Phi) is 5.72. The molecule has 1 fully saturated rings. The highest BCUT2D eigenvalue weighted by atomic mass is 32.2. The number of hydrogen-bond acceptors (Lipinski definition) is 4. The van der Waals surface area contributed by atoms with E-state index < -0.39 is 0 Å². The summed E-state index contributed by atoms with van der Waals surface area (Å²) in [6, 6.07) is 23.1. The maximum absolute atomic E-state index is 12.8. The zero-order valence-electron chi connectivity index (χ0n) is 16.8.